The minimum absolute atomic E-state index is 0.0562. The molecule has 6 heteroatoms. The molecule has 2 aliphatic heterocycles. The largest absolute Gasteiger partial charge is 0.505 e. The number of aromatic hydroxyl groups is 1. The van der Waals surface area contributed by atoms with Gasteiger partial charge in [0.1, 0.15) is 0 Å². The second kappa shape index (κ2) is 5.62. The van der Waals surface area contributed by atoms with Gasteiger partial charge in [-0.1, -0.05) is 0 Å². The average Bonchev–Trinajstić information content (AvgIpc) is 3.25. The van der Waals surface area contributed by atoms with E-state index in [0.29, 0.717) is 16.4 Å². The first-order chi connectivity index (χ1) is 11.1. The van der Waals surface area contributed by atoms with Crippen molar-refractivity contribution in [3.63, 3.8) is 0 Å². The van der Waals surface area contributed by atoms with Crippen LogP contribution < -0.4 is 5.32 Å². The first-order valence-corrected chi connectivity index (χ1v) is 8.54. The molecule has 2 fully saturated rings. The van der Waals surface area contributed by atoms with Gasteiger partial charge < -0.3 is 15.3 Å². The highest BCUT2D eigenvalue weighted by Gasteiger charge is 2.38. The van der Waals surface area contributed by atoms with Gasteiger partial charge in [0.2, 0.25) is 0 Å². The fraction of sp³-hybridized carbons (Fsp3) is 0.353. The summed E-state index contributed by atoms with van der Waals surface area (Å²) in [4.78, 5) is 16.2. The smallest absolute Gasteiger partial charge is 0.261 e. The zero-order valence-corrected chi connectivity index (χ0v) is 13.3. The SMILES string of the molecule is O=C(NC1CN2CCC1C2)c1ccc(-c2ccc(O)c(F)c2)s1. The van der Waals surface area contributed by atoms with Crippen molar-refractivity contribution in [2.45, 2.75) is 12.5 Å². The molecule has 3 atom stereocenters. The zero-order chi connectivity index (χ0) is 16.0. The van der Waals surface area contributed by atoms with Gasteiger partial charge in [-0.3, -0.25) is 4.79 Å². The average molecular weight is 332 g/mol. The lowest BCUT2D eigenvalue weighted by atomic mass is 10.00. The monoisotopic (exact) mass is 332 g/mol. The van der Waals surface area contributed by atoms with E-state index in [4.69, 9.17) is 0 Å². The Balaban J connectivity index is 1.48. The minimum atomic E-state index is -0.655. The molecule has 4 nitrogen and oxygen atoms in total. The normalized spacial score (nSPS) is 25.7. The highest BCUT2D eigenvalue weighted by Crippen LogP contribution is 2.32. The quantitative estimate of drug-likeness (QED) is 0.909. The number of rotatable bonds is 3. The van der Waals surface area contributed by atoms with Crippen LogP contribution in [0.3, 0.4) is 0 Å². The number of piperidine rings is 1. The van der Waals surface area contributed by atoms with Crippen molar-refractivity contribution in [2.24, 2.45) is 5.92 Å². The fourth-order valence-corrected chi connectivity index (χ4v) is 4.37. The van der Waals surface area contributed by atoms with Crippen LogP contribution in [-0.4, -0.2) is 41.6 Å². The van der Waals surface area contributed by atoms with E-state index in [1.54, 1.807) is 12.1 Å². The standard InChI is InChI=1S/C17H17FN2O2S/c18-12-7-10(1-2-14(12)21)15-3-4-16(23-15)17(22)19-13-9-20-6-5-11(13)8-20/h1-4,7,11,13,21H,5-6,8-9H2,(H,19,22). The molecule has 1 aromatic heterocycles. The summed E-state index contributed by atoms with van der Waals surface area (Å²) in [5.74, 6) is -0.503. The zero-order valence-electron chi connectivity index (χ0n) is 12.5. The molecule has 23 heavy (non-hydrogen) atoms. The molecule has 1 amide bonds. The highest BCUT2D eigenvalue weighted by molar-refractivity contribution is 7.17. The van der Waals surface area contributed by atoms with Gasteiger partial charge in [-0.15, -0.1) is 11.3 Å². The van der Waals surface area contributed by atoms with Crippen LogP contribution in [0, 0.1) is 11.7 Å². The number of hydrogen-bond acceptors (Lipinski definition) is 4. The number of hydrogen-bond donors (Lipinski definition) is 2. The van der Waals surface area contributed by atoms with E-state index >= 15 is 0 Å². The van der Waals surface area contributed by atoms with E-state index in [-0.39, 0.29) is 17.7 Å². The predicted molar refractivity (Wildman–Crippen MR) is 87.2 cm³/mol. The molecular weight excluding hydrogens is 315 g/mol. The van der Waals surface area contributed by atoms with Crippen LogP contribution in [0.4, 0.5) is 4.39 Å². The first kappa shape index (κ1) is 14.7. The van der Waals surface area contributed by atoms with Gasteiger partial charge in [0.25, 0.3) is 5.91 Å². The molecule has 2 N–H and O–H groups in total. The van der Waals surface area contributed by atoms with Gasteiger partial charge in [0.15, 0.2) is 11.6 Å². The highest BCUT2D eigenvalue weighted by atomic mass is 32.1. The molecule has 2 bridgehead atoms. The number of benzene rings is 1. The fourth-order valence-electron chi connectivity index (χ4n) is 3.46. The predicted octanol–water partition coefficient (Wildman–Crippen LogP) is 2.69. The molecule has 3 heterocycles. The third-order valence-electron chi connectivity index (χ3n) is 4.71. The number of fused-ring (bicyclic) bond motifs is 2. The Hall–Kier alpha value is -1.92. The third-order valence-corrected chi connectivity index (χ3v) is 5.84. The topological polar surface area (TPSA) is 52.6 Å². The maximum Gasteiger partial charge on any atom is 0.261 e. The summed E-state index contributed by atoms with van der Waals surface area (Å²) in [5.41, 5.74) is 0.662. The van der Waals surface area contributed by atoms with E-state index in [2.05, 4.69) is 10.2 Å². The molecule has 0 radical (unpaired) electrons. The lowest BCUT2D eigenvalue weighted by molar-refractivity contribution is 0.0928. The van der Waals surface area contributed by atoms with Crippen LogP contribution in [0.25, 0.3) is 10.4 Å². The van der Waals surface area contributed by atoms with Crippen LogP contribution in [0.15, 0.2) is 30.3 Å². The molecule has 1 aromatic carbocycles. The Labute approximate surface area is 137 Å². The number of nitrogens with zero attached hydrogens (tertiary/aromatic N) is 1. The lowest BCUT2D eigenvalue weighted by Gasteiger charge is -2.22. The van der Waals surface area contributed by atoms with E-state index < -0.39 is 5.82 Å². The van der Waals surface area contributed by atoms with Crippen molar-refractivity contribution < 1.29 is 14.3 Å². The lowest BCUT2D eigenvalue weighted by Crippen LogP contribution is -2.42. The first-order valence-electron chi connectivity index (χ1n) is 7.72. The van der Waals surface area contributed by atoms with E-state index in [9.17, 15) is 14.3 Å². The molecule has 2 aliphatic rings. The number of halogens is 1. The van der Waals surface area contributed by atoms with Gasteiger partial charge in [-0.25, -0.2) is 4.39 Å². The summed E-state index contributed by atoms with van der Waals surface area (Å²) in [7, 11) is 0. The Bertz CT molecular complexity index is 761. The van der Waals surface area contributed by atoms with Crippen molar-refractivity contribution in [1.82, 2.24) is 10.2 Å². The van der Waals surface area contributed by atoms with Crippen molar-refractivity contribution in [3.8, 4) is 16.2 Å². The number of nitrogens with one attached hydrogen (secondary N) is 1. The van der Waals surface area contributed by atoms with E-state index in [1.165, 1.54) is 23.5 Å². The molecule has 0 saturated carbocycles. The van der Waals surface area contributed by atoms with Gasteiger partial charge in [-0.2, -0.15) is 0 Å². The minimum Gasteiger partial charge on any atom is -0.505 e. The number of phenolic OH excluding ortho intramolecular Hbond substituents is 1. The Morgan fingerprint density at radius 1 is 1.30 bits per heavy atom. The van der Waals surface area contributed by atoms with Crippen molar-refractivity contribution >= 4 is 17.2 Å². The van der Waals surface area contributed by atoms with E-state index in [1.807, 2.05) is 6.07 Å². The summed E-state index contributed by atoms with van der Waals surface area (Å²) in [5, 5.41) is 12.4. The van der Waals surface area contributed by atoms with Gasteiger partial charge >= 0.3 is 0 Å². The second-order valence-electron chi connectivity index (χ2n) is 6.22. The summed E-state index contributed by atoms with van der Waals surface area (Å²) < 4.78 is 13.5. The van der Waals surface area contributed by atoms with Gasteiger partial charge in [0.05, 0.1) is 4.88 Å². The number of phenols is 1. The summed E-state index contributed by atoms with van der Waals surface area (Å²) in [6.07, 6.45) is 1.16. The Kier molecular flexibility index (Phi) is 3.58. The summed E-state index contributed by atoms with van der Waals surface area (Å²) in [6.45, 7) is 3.18. The number of amides is 1. The molecule has 0 aliphatic carbocycles. The maximum atomic E-state index is 13.5. The maximum absolute atomic E-state index is 13.5. The molecule has 3 unspecified atom stereocenters. The summed E-state index contributed by atoms with van der Waals surface area (Å²) in [6, 6.07) is 8.09. The molecule has 0 spiro atoms. The molecule has 4 rings (SSSR count). The van der Waals surface area contributed by atoms with Crippen LogP contribution in [-0.2, 0) is 0 Å². The molecule has 2 saturated heterocycles. The third kappa shape index (κ3) is 2.72. The molecule has 120 valence electrons. The number of carbonyl (C=O) groups is 1. The van der Waals surface area contributed by atoms with Gasteiger partial charge in [-0.05, 0) is 54.8 Å². The van der Waals surface area contributed by atoms with Crippen molar-refractivity contribution in [2.75, 3.05) is 19.6 Å². The van der Waals surface area contributed by atoms with Gasteiger partial charge in [0, 0.05) is 24.0 Å². The number of thiophene rings is 1. The van der Waals surface area contributed by atoms with Crippen LogP contribution in [0.2, 0.25) is 0 Å². The second-order valence-corrected chi connectivity index (χ2v) is 7.30. The number of carbonyl (C=O) groups excluding carboxylic acids is 1. The summed E-state index contributed by atoms with van der Waals surface area (Å²) >= 11 is 1.34. The van der Waals surface area contributed by atoms with Crippen LogP contribution in [0.1, 0.15) is 16.1 Å². The Morgan fingerprint density at radius 3 is 2.87 bits per heavy atom. The van der Waals surface area contributed by atoms with Crippen LogP contribution in [0.5, 0.6) is 5.75 Å². The van der Waals surface area contributed by atoms with E-state index in [0.717, 1.165) is 30.9 Å². The molecular formula is C17H17FN2O2S. The molecule has 2 aromatic rings. The van der Waals surface area contributed by atoms with Crippen molar-refractivity contribution in [3.05, 3.63) is 41.0 Å². The Morgan fingerprint density at radius 2 is 2.17 bits per heavy atom. The van der Waals surface area contributed by atoms with Crippen molar-refractivity contribution in [1.29, 1.82) is 0 Å². The van der Waals surface area contributed by atoms with Crippen LogP contribution >= 0.6 is 11.3 Å².